The predicted octanol–water partition coefficient (Wildman–Crippen LogP) is 4.88. The van der Waals surface area contributed by atoms with E-state index in [0.29, 0.717) is 5.75 Å². The molecule has 3 aromatic heterocycles. The van der Waals surface area contributed by atoms with E-state index < -0.39 is 0 Å². The Morgan fingerprint density at radius 1 is 1.00 bits per heavy atom. The highest BCUT2D eigenvalue weighted by molar-refractivity contribution is 7.29. The molecule has 0 fully saturated rings. The van der Waals surface area contributed by atoms with Crippen LogP contribution in [0.2, 0.25) is 0 Å². The topological polar surface area (TPSA) is 33.1 Å². The highest BCUT2D eigenvalue weighted by Crippen LogP contribution is 2.45. The van der Waals surface area contributed by atoms with Crippen LogP contribution in [0.1, 0.15) is 0 Å². The Morgan fingerprint density at radius 3 is 2.79 bits per heavy atom. The van der Waals surface area contributed by atoms with Crippen molar-refractivity contribution in [2.75, 3.05) is 0 Å². The maximum absolute atomic E-state index is 10.3. The lowest BCUT2D eigenvalue weighted by atomic mass is 10.2. The first-order valence-corrected chi connectivity index (χ1v) is 7.58. The van der Waals surface area contributed by atoms with E-state index >= 15 is 0 Å². The number of nitrogens with zero attached hydrogens (tertiary/aromatic N) is 1. The Kier molecular flexibility index (Phi) is 2.33. The Balaban J connectivity index is 1.98. The summed E-state index contributed by atoms with van der Waals surface area (Å²) in [4.78, 5) is 5.49. The van der Waals surface area contributed by atoms with Gasteiger partial charge in [0.25, 0.3) is 0 Å². The number of rotatable bonds is 1. The molecule has 0 aliphatic carbocycles. The molecule has 1 aromatic carbocycles. The van der Waals surface area contributed by atoms with Gasteiger partial charge in [0.15, 0.2) is 5.75 Å². The van der Waals surface area contributed by atoms with Gasteiger partial charge in [-0.25, -0.2) is 4.98 Å². The quantitative estimate of drug-likeness (QED) is 0.540. The van der Waals surface area contributed by atoms with Gasteiger partial charge in [-0.2, -0.15) is 0 Å². The maximum atomic E-state index is 10.3. The van der Waals surface area contributed by atoms with Crippen molar-refractivity contribution in [3.63, 3.8) is 0 Å². The summed E-state index contributed by atoms with van der Waals surface area (Å²) in [6, 6.07) is 14.1. The van der Waals surface area contributed by atoms with Crippen LogP contribution in [-0.4, -0.2) is 10.1 Å². The molecular formula is C15H9NOS2. The second-order valence-electron chi connectivity index (χ2n) is 4.28. The molecule has 0 saturated heterocycles. The lowest BCUT2D eigenvalue weighted by molar-refractivity contribution is 0.486. The summed E-state index contributed by atoms with van der Waals surface area (Å²) in [5.41, 5.74) is 1.79. The molecule has 2 nitrogen and oxygen atoms in total. The number of para-hydroxylation sites is 1. The SMILES string of the molecule is Oc1c(-c2ccc3ccccc3n2)sc2ccsc12. The summed E-state index contributed by atoms with van der Waals surface area (Å²) in [5, 5.41) is 13.4. The fourth-order valence-corrected chi connectivity index (χ4v) is 4.30. The summed E-state index contributed by atoms with van der Waals surface area (Å²) >= 11 is 3.16. The van der Waals surface area contributed by atoms with Crippen molar-refractivity contribution < 1.29 is 5.11 Å². The van der Waals surface area contributed by atoms with Crippen LogP contribution >= 0.6 is 22.7 Å². The van der Waals surface area contributed by atoms with Gasteiger partial charge in [-0.3, -0.25) is 0 Å². The van der Waals surface area contributed by atoms with E-state index in [1.807, 2.05) is 47.8 Å². The Labute approximate surface area is 117 Å². The van der Waals surface area contributed by atoms with E-state index in [2.05, 4.69) is 4.98 Å². The second-order valence-corrected chi connectivity index (χ2v) is 6.25. The lowest BCUT2D eigenvalue weighted by Gasteiger charge is -2.01. The van der Waals surface area contributed by atoms with E-state index in [0.717, 1.165) is 30.9 Å². The van der Waals surface area contributed by atoms with Crippen LogP contribution in [-0.2, 0) is 0 Å². The molecule has 0 radical (unpaired) electrons. The normalized spacial score (nSPS) is 11.4. The molecule has 1 N–H and O–H groups in total. The minimum Gasteiger partial charge on any atom is -0.505 e. The molecule has 3 heterocycles. The van der Waals surface area contributed by atoms with Gasteiger partial charge in [-0.1, -0.05) is 24.3 Å². The number of hydrogen-bond donors (Lipinski definition) is 1. The number of aromatic hydroxyl groups is 1. The van der Waals surface area contributed by atoms with Crippen LogP contribution < -0.4 is 0 Å². The predicted molar refractivity (Wildman–Crippen MR) is 82.1 cm³/mol. The molecule has 19 heavy (non-hydrogen) atoms. The highest BCUT2D eigenvalue weighted by atomic mass is 32.1. The van der Waals surface area contributed by atoms with Crippen LogP contribution in [0.3, 0.4) is 0 Å². The number of thiophene rings is 2. The van der Waals surface area contributed by atoms with Gasteiger partial charge in [-0.15, -0.1) is 22.7 Å². The molecule has 0 aliphatic heterocycles. The average molecular weight is 283 g/mol. The van der Waals surface area contributed by atoms with Crippen molar-refractivity contribution in [2.24, 2.45) is 0 Å². The van der Waals surface area contributed by atoms with Gasteiger partial charge in [0.05, 0.1) is 20.8 Å². The number of aromatic nitrogens is 1. The fraction of sp³-hybridized carbons (Fsp3) is 0. The zero-order valence-electron chi connectivity index (χ0n) is 9.83. The summed E-state index contributed by atoms with van der Waals surface area (Å²) in [5.74, 6) is 0.359. The summed E-state index contributed by atoms with van der Waals surface area (Å²) in [6.45, 7) is 0. The molecule has 0 atom stereocenters. The fourth-order valence-electron chi connectivity index (χ4n) is 2.18. The van der Waals surface area contributed by atoms with Gasteiger partial charge >= 0.3 is 0 Å². The van der Waals surface area contributed by atoms with Crippen LogP contribution in [0.25, 0.3) is 30.9 Å². The first-order chi connectivity index (χ1) is 9.33. The van der Waals surface area contributed by atoms with Crippen LogP contribution in [0.15, 0.2) is 47.8 Å². The molecule has 4 heteroatoms. The third kappa shape index (κ3) is 1.64. The van der Waals surface area contributed by atoms with Crippen molar-refractivity contribution in [1.82, 2.24) is 4.98 Å². The first kappa shape index (κ1) is 11.0. The first-order valence-electron chi connectivity index (χ1n) is 5.88. The van der Waals surface area contributed by atoms with Crippen LogP contribution in [0, 0.1) is 0 Å². The molecule has 0 bridgehead atoms. The zero-order chi connectivity index (χ0) is 12.8. The average Bonchev–Trinajstić information content (AvgIpc) is 3.02. The van der Waals surface area contributed by atoms with Gasteiger partial charge in [0.1, 0.15) is 0 Å². The van der Waals surface area contributed by atoms with E-state index in [9.17, 15) is 5.11 Å². The summed E-state index contributed by atoms with van der Waals surface area (Å²) in [6.07, 6.45) is 0. The lowest BCUT2D eigenvalue weighted by Crippen LogP contribution is -1.82. The van der Waals surface area contributed by atoms with Crippen molar-refractivity contribution in [2.45, 2.75) is 0 Å². The summed E-state index contributed by atoms with van der Waals surface area (Å²) in [7, 11) is 0. The molecule has 0 spiro atoms. The van der Waals surface area contributed by atoms with Gasteiger partial charge in [0.2, 0.25) is 0 Å². The maximum Gasteiger partial charge on any atom is 0.153 e. The van der Waals surface area contributed by atoms with E-state index in [-0.39, 0.29) is 0 Å². The van der Waals surface area contributed by atoms with E-state index in [1.165, 1.54) is 0 Å². The number of benzene rings is 1. The Bertz CT molecular complexity index is 891. The molecule has 0 saturated carbocycles. The number of pyridine rings is 1. The molecule has 0 amide bonds. The second kappa shape index (κ2) is 4.05. The van der Waals surface area contributed by atoms with Crippen molar-refractivity contribution in [1.29, 1.82) is 0 Å². The smallest absolute Gasteiger partial charge is 0.153 e. The minimum absolute atomic E-state index is 0.359. The van der Waals surface area contributed by atoms with Crippen molar-refractivity contribution >= 4 is 43.0 Å². The highest BCUT2D eigenvalue weighted by Gasteiger charge is 2.15. The van der Waals surface area contributed by atoms with Crippen LogP contribution in [0.5, 0.6) is 5.75 Å². The standard InChI is InChI=1S/C15H9NOS2/c17-13-14(19-12-7-8-18-15(12)13)11-6-5-9-3-1-2-4-10(9)16-11/h1-8,17H. The number of fused-ring (bicyclic) bond motifs is 2. The zero-order valence-corrected chi connectivity index (χ0v) is 11.5. The van der Waals surface area contributed by atoms with Crippen molar-refractivity contribution in [3.05, 3.63) is 47.8 Å². The van der Waals surface area contributed by atoms with Gasteiger partial charge in [0, 0.05) is 10.1 Å². The van der Waals surface area contributed by atoms with Gasteiger partial charge in [-0.05, 0) is 23.6 Å². The van der Waals surface area contributed by atoms with E-state index in [4.69, 9.17) is 0 Å². The van der Waals surface area contributed by atoms with Crippen molar-refractivity contribution in [3.8, 4) is 16.3 Å². The minimum atomic E-state index is 0.359. The van der Waals surface area contributed by atoms with Gasteiger partial charge < -0.3 is 5.11 Å². The molecule has 4 rings (SSSR count). The third-order valence-corrected chi connectivity index (χ3v) is 5.32. The third-order valence-electron chi connectivity index (χ3n) is 3.10. The Morgan fingerprint density at radius 2 is 1.89 bits per heavy atom. The van der Waals surface area contributed by atoms with Crippen LogP contribution in [0.4, 0.5) is 0 Å². The monoisotopic (exact) mass is 283 g/mol. The van der Waals surface area contributed by atoms with E-state index in [1.54, 1.807) is 22.7 Å². The molecule has 0 aliphatic rings. The summed E-state index contributed by atoms with van der Waals surface area (Å²) < 4.78 is 2.07. The molecular weight excluding hydrogens is 274 g/mol. The molecule has 92 valence electrons. The number of hydrogen-bond acceptors (Lipinski definition) is 4. The largest absolute Gasteiger partial charge is 0.505 e. The molecule has 4 aromatic rings. The molecule has 0 unspecified atom stereocenters. The Hall–Kier alpha value is -1.91.